The number of rotatable bonds is 5. The standard InChI is InChI=1S/C18H18BrNO2/c1-14-9-10-15(12-17(14)19)8-5-11-20-18(21)22-13-16-6-3-2-4-7-16/h2-10,12H,11,13H2,1H3,(H,20,21). The van der Waals surface area contributed by atoms with Crippen LogP contribution >= 0.6 is 15.9 Å². The van der Waals surface area contributed by atoms with Gasteiger partial charge in [0.05, 0.1) is 0 Å². The van der Waals surface area contributed by atoms with Crippen molar-refractivity contribution in [1.82, 2.24) is 5.32 Å². The first-order valence-corrected chi connectivity index (χ1v) is 7.81. The molecule has 0 aliphatic heterocycles. The lowest BCUT2D eigenvalue weighted by atomic mass is 10.1. The maximum atomic E-state index is 11.6. The fourth-order valence-electron chi connectivity index (χ4n) is 1.82. The van der Waals surface area contributed by atoms with Gasteiger partial charge < -0.3 is 10.1 Å². The van der Waals surface area contributed by atoms with Gasteiger partial charge in [0.1, 0.15) is 6.61 Å². The van der Waals surface area contributed by atoms with Gasteiger partial charge in [-0.2, -0.15) is 0 Å². The monoisotopic (exact) mass is 359 g/mol. The summed E-state index contributed by atoms with van der Waals surface area (Å²) in [4.78, 5) is 11.6. The Morgan fingerprint density at radius 3 is 2.73 bits per heavy atom. The summed E-state index contributed by atoms with van der Waals surface area (Å²) in [5.74, 6) is 0. The van der Waals surface area contributed by atoms with Crippen LogP contribution in [0.5, 0.6) is 0 Å². The lowest BCUT2D eigenvalue weighted by Gasteiger charge is -2.05. The molecule has 114 valence electrons. The van der Waals surface area contributed by atoms with Crippen LogP contribution in [0.4, 0.5) is 4.79 Å². The molecule has 0 spiro atoms. The van der Waals surface area contributed by atoms with Crippen LogP contribution < -0.4 is 5.32 Å². The Kier molecular flexibility index (Phi) is 6.22. The molecular weight excluding hydrogens is 342 g/mol. The number of ether oxygens (including phenoxy) is 1. The lowest BCUT2D eigenvalue weighted by Crippen LogP contribution is -2.24. The van der Waals surface area contributed by atoms with Crippen molar-refractivity contribution in [1.29, 1.82) is 0 Å². The number of amides is 1. The van der Waals surface area contributed by atoms with E-state index in [4.69, 9.17) is 4.74 Å². The Balaban J connectivity index is 1.72. The Morgan fingerprint density at radius 1 is 1.23 bits per heavy atom. The fourth-order valence-corrected chi connectivity index (χ4v) is 2.22. The van der Waals surface area contributed by atoms with Crippen molar-refractivity contribution in [2.45, 2.75) is 13.5 Å². The van der Waals surface area contributed by atoms with E-state index in [2.05, 4.69) is 21.2 Å². The van der Waals surface area contributed by atoms with Crippen LogP contribution in [0.25, 0.3) is 6.08 Å². The van der Waals surface area contributed by atoms with E-state index in [1.165, 1.54) is 5.56 Å². The second kappa shape index (κ2) is 8.39. The van der Waals surface area contributed by atoms with Crippen molar-refractivity contribution in [2.24, 2.45) is 0 Å². The third-order valence-corrected chi connectivity index (χ3v) is 3.94. The normalized spacial score (nSPS) is 10.6. The van der Waals surface area contributed by atoms with E-state index >= 15 is 0 Å². The topological polar surface area (TPSA) is 38.3 Å². The van der Waals surface area contributed by atoms with E-state index in [1.807, 2.05) is 67.6 Å². The van der Waals surface area contributed by atoms with E-state index < -0.39 is 6.09 Å². The molecule has 0 saturated carbocycles. The average molecular weight is 360 g/mol. The minimum Gasteiger partial charge on any atom is -0.445 e. The minimum atomic E-state index is -0.418. The predicted octanol–water partition coefficient (Wildman–Crippen LogP) is 4.70. The molecule has 0 saturated heterocycles. The van der Waals surface area contributed by atoms with Gasteiger partial charge in [-0.15, -0.1) is 0 Å². The predicted molar refractivity (Wildman–Crippen MR) is 92.5 cm³/mol. The van der Waals surface area contributed by atoms with Gasteiger partial charge in [-0.05, 0) is 29.7 Å². The number of alkyl carbamates (subject to hydrolysis) is 1. The molecule has 0 bridgehead atoms. The number of benzene rings is 2. The van der Waals surface area contributed by atoms with Crippen molar-refractivity contribution < 1.29 is 9.53 Å². The second-order valence-electron chi connectivity index (χ2n) is 4.85. The molecule has 3 nitrogen and oxygen atoms in total. The molecule has 1 amide bonds. The summed E-state index contributed by atoms with van der Waals surface area (Å²) in [5, 5.41) is 2.69. The Hall–Kier alpha value is -2.07. The molecule has 2 aromatic carbocycles. The molecule has 0 heterocycles. The third kappa shape index (κ3) is 5.37. The fraction of sp³-hybridized carbons (Fsp3) is 0.167. The first kappa shape index (κ1) is 16.3. The van der Waals surface area contributed by atoms with Crippen molar-refractivity contribution in [3.63, 3.8) is 0 Å². The summed E-state index contributed by atoms with van der Waals surface area (Å²) in [6.07, 6.45) is 3.43. The zero-order chi connectivity index (χ0) is 15.8. The van der Waals surface area contributed by atoms with Gasteiger partial charge in [-0.25, -0.2) is 4.79 Å². The minimum absolute atomic E-state index is 0.279. The van der Waals surface area contributed by atoms with Crippen LogP contribution in [0.3, 0.4) is 0 Å². The van der Waals surface area contributed by atoms with Gasteiger partial charge >= 0.3 is 6.09 Å². The van der Waals surface area contributed by atoms with Gasteiger partial charge in [0.15, 0.2) is 0 Å². The zero-order valence-corrected chi connectivity index (χ0v) is 14.0. The number of halogens is 1. The number of hydrogen-bond acceptors (Lipinski definition) is 2. The molecule has 4 heteroatoms. The van der Waals surface area contributed by atoms with Crippen molar-refractivity contribution in [3.05, 3.63) is 75.8 Å². The van der Waals surface area contributed by atoms with Gasteiger partial charge in [0, 0.05) is 11.0 Å². The van der Waals surface area contributed by atoms with Crippen LogP contribution in [0, 0.1) is 6.92 Å². The van der Waals surface area contributed by atoms with Crippen LogP contribution in [0.15, 0.2) is 59.1 Å². The summed E-state index contributed by atoms with van der Waals surface area (Å²) in [6.45, 7) is 2.75. The summed E-state index contributed by atoms with van der Waals surface area (Å²) in [7, 11) is 0. The molecule has 0 radical (unpaired) electrons. The molecule has 0 aliphatic rings. The summed E-state index contributed by atoms with van der Waals surface area (Å²) in [6, 6.07) is 15.7. The van der Waals surface area contributed by atoms with Gasteiger partial charge in [-0.3, -0.25) is 0 Å². The zero-order valence-electron chi connectivity index (χ0n) is 12.4. The van der Waals surface area contributed by atoms with Gasteiger partial charge in [0.25, 0.3) is 0 Å². The number of aryl methyl sites for hydroxylation is 1. The highest BCUT2D eigenvalue weighted by Gasteiger charge is 2.00. The molecule has 1 N–H and O–H groups in total. The Bertz CT molecular complexity index is 653. The third-order valence-electron chi connectivity index (χ3n) is 3.08. The first-order chi connectivity index (χ1) is 10.6. The summed E-state index contributed by atoms with van der Waals surface area (Å²) < 4.78 is 6.20. The number of hydrogen-bond donors (Lipinski definition) is 1. The number of carbonyl (C=O) groups excluding carboxylic acids is 1. The highest BCUT2D eigenvalue weighted by molar-refractivity contribution is 9.10. The van der Waals surface area contributed by atoms with Crippen molar-refractivity contribution in [2.75, 3.05) is 6.54 Å². The molecule has 0 unspecified atom stereocenters. The van der Waals surface area contributed by atoms with E-state index in [9.17, 15) is 4.79 Å². The second-order valence-corrected chi connectivity index (χ2v) is 5.71. The Labute approximate surface area is 139 Å². The van der Waals surface area contributed by atoms with Gasteiger partial charge in [0.2, 0.25) is 0 Å². The average Bonchev–Trinajstić information content (AvgIpc) is 2.54. The van der Waals surface area contributed by atoms with E-state index in [1.54, 1.807) is 0 Å². The highest BCUT2D eigenvalue weighted by Crippen LogP contribution is 2.18. The number of nitrogens with one attached hydrogen (secondary N) is 1. The molecular formula is C18H18BrNO2. The highest BCUT2D eigenvalue weighted by atomic mass is 79.9. The molecule has 0 aliphatic carbocycles. The molecule has 2 aromatic rings. The lowest BCUT2D eigenvalue weighted by molar-refractivity contribution is 0.141. The van der Waals surface area contributed by atoms with Crippen LogP contribution in [0.2, 0.25) is 0 Å². The summed E-state index contributed by atoms with van der Waals surface area (Å²) >= 11 is 3.50. The van der Waals surface area contributed by atoms with Gasteiger partial charge in [-0.1, -0.05) is 70.5 Å². The van der Waals surface area contributed by atoms with Crippen LogP contribution in [-0.2, 0) is 11.3 Å². The molecule has 0 atom stereocenters. The van der Waals surface area contributed by atoms with E-state index in [-0.39, 0.29) is 6.61 Å². The van der Waals surface area contributed by atoms with E-state index in [0.29, 0.717) is 6.54 Å². The maximum Gasteiger partial charge on any atom is 0.407 e. The van der Waals surface area contributed by atoms with Crippen LogP contribution in [0.1, 0.15) is 16.7 Å². The maximum absolute atomic E-state index is 11.6. The number of carbonyl (C=O) groups is 1. The smallest absolute Gasteiger partial charge is 0.407 e. The molecule has 2 rings (SSSR count). The van der Waals surface area contributed by atoms with Crippen molar-refractivity contribution in [3.8, 4) is 0 Å². The molecule has 0 aromatic heterocycles. The van der Waals surface area contributed by atoms with Crippen LogP contribution in [-0.4, -0.2) is 12.6 Å². The SMILES string of the molecule is Cc1ccc(C=CCNC(=O)OCc2ccccc2)cc1Br. The summed E-state index contributed by atoms with van der Waals surface area (Å²) in [5.41, 5.74) is 3.24. The quantitative estimate of drug-likeness (QED) is 0.840. The van der Waals surface area contributed by atoms with E-state index in [0.717, 1.165) is 15.6 Å². The van der Waals surface area contributed by atoms with Crippen molar-refractivity contribution >= 4 is 28.1 Å². The Morgan fingerprint density at radius 2 is 2.00 bits per heavy atom. The largest absolute Gasteiger partial charge is 0.445 e. The molecule has 22 heavy (non-hydrogen) atoms. The molecule has 0 fully saturated rings. The first-order valence-electron chi connectivity index (χ1n) is 7.02.